The van der Waals surface area contributed by atoms with Crippen molar-refractivity contribution in [3.8, 4) is 0 Å². The zero-order valence-corrected chi connectivity index (χ0v) is 16.0. The molecule has 0 aliphatic heterocycles. The summed E-state index contributed by atoms with van der Waals surface area (Å²) in [4.78, 5) is 24.6. The molecule has 1 heterocycles. The molecule has 0 radical (unpaired) electrons. The summed E-state index contributed by atoms with van der Waals surface area (Å²) in [6.45, 7) is 2.50. The number of benzene rings is 2. The summed E-state index contributed by atoms with van der Waals surface area (Å²) in [7, 11) is 0. The maximum atomic E-state index is 12.5. The van der Waals surface area contributed by atoms with Crippen molar-refractivity contribution in [1.29, 1.82) is 0 Å². The molecule has 0 spiro atoms. The van der Waals surface area contributed by atoms with Gasteiger partial charge in [0.15, 0.2) is 0 Å². The summed E-state index contributed by atoms with van der Waals surface area (Å²) in [6.07, 6.45) is 2.55. The van der Waals surface area contributed by atoms with Crippen LogP contribution in [0.2, 0.25) is 0 Å². The number of nitrogens with zero attached hydrogens (tertiary/aromatic N) is 1. The van der Waals surface area contributed by atoms with Crippen molar-refractivity contribution >= 4 is 27.5 Å². The van der Waals surface area contributed by atoms with Crippen molar-refractivity contribution in [1.82, 2.24) is 4.57 Å². The van der Waals surface area contributed by atoms with Gasteiger partial charge in [0, 0.05) is 22.4 Å². The van der Waals surface area contributed by atoms with Gasteiger partial charge in [0.05, 0.1) is 12.1 Å². The summed E-state index contributed by atoms with van der Waals surface area (Å²) in [5, 5.41) is 2.87. The standard InChI is InChI=1S/C21H19BrN2O2/c1-2-15-5-10-19(11-6-15)23-21(26)17-7-12-20(25)24(14-17)13-16-3-8-18(22)9-4-16/h3-12,14H,2,13H2,1H3,(H,23,26). The number of hydrogen-bond acceptors (Lipinski definition) is 2. The average molecular weight is 411 g/mol. The number of amides is 1. The fourth-order valence-corrected chi connectivity index (χ4v) is 2.87. The lowest BCUT2D eigenvalue weighted by Gasteiger charge is -2.10. The van der Waals surface area contributed by atoms with Crippen molar-refractivity contribution in [3.05, 3.63) is 98.4 Å². The van der Waals surface area contributed by atoms with Gasteiger partial charge >= 0.3 is 0 Å². The summed E-state index contributed by atoms with van der Waals surface area (Å²) >= 11 is 3.40. The molecule has 0 atom stereocenters. The number of rotatable bonds is 5. The molecule has 1 amide bonds. The molecule has 0 aliphatic carbocycles. The molecule has 1 N–H and O–H groups in total. The minimum atomic E-state index is -0.237. The highest BCUT2D eigenvalue weighted by atomic mass is 79.9. The SMILES string of the molecule is CCc1ccc(NC(=O)c2ccc(=O)n(Cc3ccc(Br)cc3)c2)cc1. The first kappa shape index (κ1) is 18.1. The molecule has 0 unspecified atom stereocenters. The van der Waals surface area contributed by atoms with E-state index < -0.39 is 0 Å². The van der Waals surface area contributed by atoms with Gasteiger partial charge in [0.2, 0.25) is 0 Å². The van der Waals surface area contributed by atoms with Crippen LogP contribution in [0.25, 0.3) is 0 Å². The van der Waals surface area contributed by atoms with Gasteiger partial charge < -0.3 is 9.88 Å². The van der Waals surface area contributed by atoms with Crippen LogP contribution in [0.4, 0.5) is 5.69 Å². The van der Waals surface area contributed by atoms with E-state index in [1.54, 1.807) is 16.8 Å². The molecule has 3 rings (SSSR count). The number of carbonyl (C=O) groups excluding carboxylic acids is 1. The van der Waals surface area contributed by atoms with E-state index in [1.165, 1.54) is 11.6 Å². The van der Waals surface area contributed by atoms with Crippen molar-refractivity contribution < 1.29 is 4.79 Å². The Morgan fingerprint density at radius 2 is 1.62 bits per heavy atom. The Morgan fingerprint density at radius 3 is 2.27 bits per heavy atom. The minimum absolute atomic E-state index is 0.142. The smallest absolute Gasteiger partial charge is 0.257 e. The average Bonchev–Trinajstić information content (AvgIpc) is 2.66. The fourth-order valence-electron chi connectivity index (χ4n) is 2.60. The number of aromatic nitrogens is 1. The lowest BCUT2D eigenvalue weighted by atomic mass is 10.1. The predicted octanol–water partition coefficient (Wildman–Crippen LogP) is 4.47. The number of halogens is 1. The Hall–Kier alpha value is -2.66. The molecule has 3 aromatic rings. The van der Waals surface area contributed by atoms with Crippen LogP contribution in [-0.2, 0) is 13.0 Å². The Morgan fingerprint density at radius 1 is 0.962 bits per heavy atom. The zero-order valence-electron chi connectivity index (χ0n) is 14.4. The number of hydrogen-bond donors (Lipinski definition) is 1. The van der Waals surface area contributed by atoms with E-state index >= 15 is 0 Å². The van der Waals surface area contributed by atoms with Gasteiger partial charge in [-0.05, 0) is 47.9 Å². The quantitative estimate of drug-likeness (QED) is 0.674. The van der Waals surface area contributed by atoms with Crippen molar-refractivity contribution in [2.75, 3.05) is 5.32 Å². The Bertz CT molecular complexity index is 961. The van der Waals surface area contributed by atoms with E-state index in [1.807, 2.05) is 48.5 Å². The Kier molecular flexibility index (Phi) is 5.68. The molecular weight excluding hydrogens is 392 g/mol. The van der Waals surface area contributed by atoms with Gasteiger partial charge in [-0.25, -0.2) is 0 Å². The Labute approximate surface area is 160 Å². The highest BCUT2D eigenvalue weighted by Gasteiger charge is 2.09. The molecule has 5 heteroatoms. The number of aryl methyl sites for hydroxylation is 1. The fraction of sp³-hybridized carbons (Fsp3) is 0.143. The molecule has 26 heavy (non-hydrogen) atoms. The van der Waals surface area contributed by atoms with Crippen LogP contribution in [-0.4, -0.2) is 10.5 Å². The summed E-state index contributed by atoms with van der Waals surface area (Å²) < 4.78 is 2.52. The second-order valence-electron chi connectivity index (χ2n) is 6.01. The van der Waals surface area contributed by atoms with Crippen molar-refractivity contribution in [3.63, 3.8) is 0 Å². The van der Waals surface area contributed by atoms with Gasteiger partial charge in [-0.15, -0.1) is 0 Å². The topological polar surface area (TPSA) is 51.1 Å². The van der Waals surface area contributed by atoms with Crippen LogP contribution in [0, 0.1) is 0 Å². The van der Waals surface area contributed by atoms with Crippen LogP contribution in [0.5, 0.6) is 0 Å². The highest BCUT2D eigenvalue weighted by Crippen LogP contribution is 2.13. The van der Waals surface area contributed by atoms with Crippen LogP contribution in [0.1, 0.15) is 28.4 Å². The van der Waals surface area contributed by atoms with Gasteiger partial charge in [-0.1, -0.05) is 47.1 Å². The van der Waals surface area contributed by atoms with E-state index in [2.05, 4.69) is 28.2 Å². The van der Waals surface area contributed by atoms with Crippen LogP contribution in [0.15, 0.2) is 76.1 Å². The maximum Gasteiger partial charge on any atom is 0.257 e. The van der Waals surface area contributed by atoms with Gasteiger partial charge in [-0.2, -0.15) is 0 Å². The van der Waals surface area contributed by atoms with Gasteiger partial charge in [0.1, 0.15) is 0 Å². The molecule has 1 aromatic heterocycles. The molecule has 0 saturated carbocycles. The number of anilines is 1. The number of pyridine rings is 1. The molecule has 132 valence electrons. The first-order valence-electron chi connectivity index (χ1n) is 8.40. The molecule has 0 bridgehead atoms. The molecule has 4 nitrogen and oxygen atoms in total. The second-order valence-corrected chi connectivity index (χ2v) is 6.93. The van der Waals surface area contributed by atoms with Crippen molar-refractivity contribution in [2.45, 2.75) is 19.9 Å². The monoisotopic (exact) mass is 410 g/mol. The van der Waals surface area contributed by atoms with Crippen LogP contribution < -0.4 is 10.9 Å². The van der Waals surface area contributed by atoms with E-state index in [-0.39, 0.29) is 11.5 Å². The predicted molar refractivity (Wildman–Crippen MR) is 108 cm³/mol. The molecule has 0 aliphatic rings. The number of carbonyl (C=O) groups is 1. The maximum absolute atomic E-state index is 12.5. The van der Waals surface area contributed by atoms with E-state index in [9.17, 15) is 9.59 Å². The van der Waals surface area contributed by atoms with E-state index in [0.717, 1.165) is 22.1 Å². The van der Waals surface area contributed by atoms with Gasteiger partial charge in [0.25, 0.3) is 11.5 Å². The second kappa shape index (κ2) is 8.15. The largest absolute Gasteiger partial charge is 0.322 e. The molecule has 2 aromatic carbocycles. The molecule has 0 saturated heterocycles. The lowest BCUT2D eigenvalue weighted by molar-refractivity contribution is 0.102. The van der Waals surface area contributed by atoms with Crippen LogP contribution >= 0.6 is 15.9 Å². The van der Waals surface area contributed by atoms with Gasteiger partial charge in [-0.3, -0.25) is 9.59 Å². The normalized spacial score (nSPS) is 10.5. The third-order valence-corrected chi connectivity index (χ3v) is 4.66. The zero-order chi connectivity index (χ0) is 18.5. The highest BCUT2D eigenvalue weighted by molar-refractivity contribution is 9.10. The first-order valence-corrected chi connectivity index (χ1v) is 9.19. The third-order valence-electron chi connectivity index (χ3n) is 4.13. The third kappa shape index (κ3) is 4.49. The molecule has 0 fully saturated rings. The van der Waals surface area contributed by atoms with Crippen molar-refractivity contribution in [2.24, 2.45) is 0 Å². The lowest BCUT2D eigenvalue weighted by Crippen LogP contribution is -2.22. The summed E-state index contributed by atoms with van der Waals surface area (Å²) in [5.41, 5.74) is 3.24. The summed E-state index contributed by atoms with van der Waals surface area (Å²) in [5.74, 6) is -0.237. The minimum Gasteiger partial charge on any atom is -0.322 e. The van der Waals surface area contributed by atoms with Crippen LogP contribution in [0.3, 0.4) is 0 Å². The molecular formula is C21H19BrN2O2. The summed E-state index contributed by atoms with van der Waals surface area (Å²) in [6, 6.07) is 18.5. The van der Waals surface area contributed by atoms with E-state index in [4.69, 9.17) is 0 Å². The number of nitrogens with one attached hydrogen (secondary N) is 1. The Balaban J connectivity index is 1.78. The first-order chi connectivity index (χ1) is 12.5. The van der Waals surface area contributed by atoms with E-state index in [0.29, 0.717) is 12.1 Å².